The number of hydrogen-bond acceptors (Lipinski definition) is 5. The molecule has 0 spiro atoms. The van der Waals surface area contributed by atoms with E-state index in [0.717, 1.165) is 51.1 Å². The molecule has 1 fully saturated rings. The first-order valence-corrected chi connectivity index (χ1v) is 7.22. The molecule has 1 amide bonds. The lowest BCUT2D eigenvalue weighted by Crippen LogP contribution is -2.29. The van der Waals surface area contributed by atoms with Crippen molar-refractivity contribution in [1.29, 1.82) is 0 Å². The topological polar surface area (TPSA) is 84.6 Å². The predicted octanol–water partition coefficient (Wildman–Crippen LogP) is 1.15. The smallest absolute Gasteiger partial charge is 0.273 e. The van der Waals surface area contributed by atoms with Crippen molar-refractivity contribution in [2.75, 3.05) is 26.4 Å². The van der Waals surface area contributed by atoms with Gasteiger partial charge in [0.25, 0.3) is 5.91 Å². The first-order chi connectivity index (χ1) is 9.79. The van der Waals surface area contributed by atoms with Crippen LogP contribution >= 0.6 is 0 Å². The van der Waals surface area contributed by atoms with Crippen LogP contribution < -0.4 is 5.32 Å². The van der Waals surface area contributed by atoms with Crippen LogP contribution in [0.15, 0.2) is 10.6 Å². The number of hydrogen-bond donors (Lipinski definition) is 2. The van der Waals surface area contributed by atoms with Gasteiger partial charge in [0, 0.05) is 38.2 Å². The van der Waals surface area contributed by atoms with E-state index in [0.29, 0.717) is 18.2 Å². The highest BCUT2D eigenvalue weighted by Gasteiger charge is 2.18. The molecule has 1 aromatic rings. The Morgan fingerprint density at radius 1 is 1.45 bits per heavy atom. The minimum Gasteiger partial charge on any atom is -0.396 e. The minimum atomic E-state index is -0.192. The Balaban J connectivity index is 1.71. The third-order valence-corrected chi connectivity index (χ3v) is 3.45. The Morgan fingerprint density at radius 2 is 2.35 bits per heavy atom. The van der Waals surface area contributed by atoms with Crippen LogP contribution in [0, 0.1) is 5.92 Å². The number of amides is 1. The number of unbranched alkanes of at least 4 members (excludes halogenated alkanes) is 2. The lowest BCUT2D eigenvalue weighted by molar-refractivity contribution is 0.0936. The molecule has 112 valence electrons. The number of aromatic nitrogens is 1. The third kappa shape index (κ3) is 4.61. The molecule has 1 unspecified atom stereocenters. The molecule has 2 N–H and O–H groups in total. The van der Waals surface area contributed by atoms with Crippen LogP contribution in [-0.2, 0) is 11.2 Å². The van der Waals surface area contributed by atoms with Gasteiger partial charge < -0.3 is 19.7 Å². The van der Waals surface area contributed by atoms with Crippen LogP contribution in [0.1, 0.15) is 41.9 Å². The summed E-state index contributed by atoms with van der Waals surface area (Å²) in [5.41, 5.74) is 0.334. The summed E-state index contributed by atoms with van der Waals surface area (Å²) in [5.74, 6) is 0.934. The average Bonchev–Trinajstić information content (AvgIpc) is 3.12. The number of rotatable bonds is 8. The first-order valence-electron chi connectivity index (χ1n) is 7.22. The van der Waals surface area contributed by atoms with Gasteiger partial charge >= 0.3 is 0 Å². The van der Waals surface area contributed by atoms with Crippen LogP contribution in [0.5, 0.6) is 0 Å². The number of nitrogens with zero attached hydrogens (tertiary/aromatic N) is 1. The molecule has 0 aromatic carbocycles. The van der Waals surface area contributed by atoms with E-state index in [1.165, 1.54) is 0 Å². The predicted molar refractivity (Wildman–Crippen MR) is 72.4 cm³/mol. The molecule has 6 heteroatoms. The van der Waals surface area contributed by atoms with E-state index >= 15 is 0 Å². The maximum absolute atomic E-state index is 11.9. The summed E-state index contributed by atoms with van der Waals surface area (Å²) in [7, 11) is 0. The van der Waals surface area contributed by atoms with E-state index < -0.39 is 0 Å². The zero-order valence-electron chi connectivity index (χ0n) is 11.6. The maximum Gasteiger partial charge on any atom is 0.273 e. The largest absolute Gasteiger partial charge is 0.396 e. The van der Waals surface area contributed by atoms with E-state index in [1.54, 1.807) is 6.07 Å². The van der Waals surface area contributed by atoms with Crippen molar-refractivity contribution in [3.63, 3.8) is 0 Å². The van der Waals surface area contributed by atoms with E-state index in [-0.39, 0.29) is 12.5 Å². The van der Waals surface area contributed by atoms with E-state index in [9.17, 15) is 4.79 Å². The number of carbonyl (C=O) groups excluding carboxylic acids is 1. The summed E-state index contributed by atoms with van der Waals surface area (Å²) in [6.45, 7) is 2.34. The second-order valence-corrected chi connectivity index (χ2v) is 5.15. The number of aryl methyl sites for hydroxylation is 1. The summed E-state index contributed by atoms with van der Waals surface area (Å²) < 4.78 is 10.4. The molecule has 0 saturated carbocycles. The molecule has 1 aliphatic rings. The standard InChI is InChI=1S/C14H22N2O4/c17-6-3-1-2-4-12-8-13(16-20-12)14(18)15-9-11-5-7-19-10-11/h8,11,17H,1-7,9-10H2,(H,15,18). The fraction of sp³-hybridized carbons (Fsp3) is 0.714. The molecule has 20 heavy (non-hydrogen) atoms. The molecule has 6 nitrogen and oxygen atoms in total. The number of aliphatic hydroxyl groups excluding tert-OH is 1. The van der Waals surface area contributed by atoms with Gasteiger partial charge in [-0.1, -0.05) is 11.6 Å². The maximum atomic E-state index is 11.9. The van der Waals surface area contributed by atoms with Crippen molar-refractivity contribution < 1.29 is 19.2 Å². The molecule has 2 heterocycles. The molecular formula is C14H22N2O4. The fourth-order valence-corrected chi connectivity index (χ4v) is 2.20. The quantitative estimate of drug-likeness (QED) is 0.699. The van der Waals surface area contributed by atoms with Crippen molar-refractivity contribution in [2.24, 2.45) is 5.92 Å². The normalized spacial score (nSPS) is 18.4. The summed E-state index contributed by atoms with van der Waals surface area (Å²) in [6.07, 6.45) is 4.41. The van der Waals surface area contributed by atoms with Gasteiger partial charge in [-0.05, 0) is 19.3 Å². The summed E-state index contributed by atoms with van der Waals surface area (Å²) in [6, 6.07) is 1.69. The highest BCUT2D eigenvalue weighted by Crippen LogP contribution is 2.12. The zero-order valence-corrected chi connectivity index (χ0v) is 11.6. The van der Waals surface area contributed by atoms with Gasteiger partial charge in [0.1, 0.15) is 5.76 Å². The second-order valence-electron chi connectivity index (χ2n) is 5.15. The van der Waals surface area contributed by atoms with Crippen molar-refractivity contribution in [3.05, 3.63) is 17.5 Å². The Morgan fingerprint density at radius 3 is 3.10 bits per heavy atom. The Kier molecular flexibility index (Phi) is 6.01. The average molecular weight is 282 g/mol. The molecule has 1 aliphatic heterocycles. The molecule has 1 aromatic heterocycles. The first kappa shape index (κ1) is 15.0. The summed E-state index contributed by atoms with van der Waals surface area (Å²) in [5, 5.41) is 15.3. The minimum absolute atomic E-state index is 0.192. The van der Waals surface area contributed by atoms with E-state index in [2.05, 4.69) is 10.5 Å². The monoisotopic (exact) mass is 282 g/mol. The number of ether oxygens (including phenoxy) is 1. The van der Waals surface area contributed by atoms with Crippen LogP contribution in [0.4, 0.5) is 0 Å². The van der Waals surface area contributed by atoms with Crippen LogP contribution in [0.3, 0.4) is 0 Å². The summed E-state index contributed by atoms with van der Waals surface area (Å²) in [4.78, 5) is 11.9. The van der Waals surface area contributed by atoms with Gasteiger partial charge in [-0.25, -0.2) is 0 Å². The van der Waals surface area contributed by atoms with Crippen LogP contribution in [-0.4, -0.2) is 42.5 Å². The molecule has 1 saturated heterocycles. The highest BCUT2D eigenvalue weighted by atomic mass is 16.5. The fourth-order valence-electron chi connectivity index (χ4n) is 2.20. The number of nitrogens with one attached hydrogen (secondary N) is 1. The van der Waals surface area contributed by atoms with Crippen LogP contribution in [0.2, 0.25) is 0 Å². The van der Waals surface area contributed by atoms with Crippen LogP contribution in [0.25, 0.3) is 0 Å². The lowest BCUT2D eigenvalue weighted by Gasteiger charge is -2.07. The molecular weight excluding hydrogens is 260 g/mol. The van der Waals surface area contributed by atoms with Gasteiger partial charge in [0.2, 0.25) is 0 Å². The zero-order chi connectivity index (χ0) is 14.2. The van der Waals surface area contributed by atoms with Gasteiger partial charge in [-0.3, -0.25) is 4.79 Å². The van der Waals surface area contributed by atoms with E-state index in [4.69, 9.17) is 14.4 Å². The Bertz CT molecular complexity index is 413. The highest BCUT2D eigenvalue weighted by molar-refractivity contribution is 5.92. The Hall–Kier alpha value is -1.40. The number of aliphatic hydroxyl groups is 1. The molecule has 1 atom stereocenters. The third-order valence-electron chi connectivity index (χ3n) is 3.45. The lowest BCUT2D eigenvalue weighted by atomic mass is 10.1. The van der Waals surface area contributed by atoms with Gasteiger partial charge in [0.15, 0.2) is 5.69 Å². The molecule has 0 aliphatic carbocycles. The van der Waals surface area contributed by atoms with Gasteiger partial charge in [0.05, 0.1) is 6.61 Å². The van der Waals surface area contributed by atoms with Crippen molar-refractivity contribution in [1.82, 2.24) is 10.5 Å². The van der Waals surface area contributed by atoms with Crippen molar-refractivity contribution in [2.45, 2.75) is 32.1 Å². The molecule has 0 radical (unpaired) electrons. The Labute approximate surface area is 118 Å². The van der Waals surface area contributed by atoms with E-state index in [1.807, 2.05) is 0 Å². The molecule has 0 bridgehead atoms. The van der Waals surface area contributed by atoms with Gasteiger partial charge in [-0.15, -0.1) is 0 Å². The SMILES string of the molecule is O=C(NCC1CCOC1)c1cc(CCCCCO)on1. The van der Waals surface area contributed by atoms with Crippen molar-refractivity contribution >= 4 is 5.91 Å². The van der Waals surface area contributed by atoms with Crippen molar-refractivity contribution in [3.8, 4) is 0 Å². The summed E-state index contributed by atoms with van der Waals surface area (Å²) >= 11 is 0. The second kappa shape index (κ2) is 8.01. The van der Waals surface area contributed by atoms with Gasteiger partial charge in [-0.2, -0.15) is 0 Å². The number of carbonyl (C=O) groups is 1. The molecule has 2 rings (SSSR count).